The van der Waals surface area contributed by atoms with Crippen molar-refractivity contribution in [2.45, 2.75) is 35.6 Å². The zero-order valence-electron chi connectivity index (χ0n) is 27.4. The van der Waals surface area contributed by atoms with E-state index in [0.717, 1.165) is 45.0 Å². The molecule has 2 fully saturated rings. The molecule has 6 rings (SSSR count). The van der Waals surface area contributed by atoms with Gasteiger partial charge in [-0.05, 0) is 78.7 Å². The molecular weight excluding hydrogens is 650 g/mol. The summed E-state index contributed by atoms with van der Waals surface area (Å²) in [5, 5.41) is 44.6. The first-order valence-corrected chi connectivity index (χ1v) is 17.4. The molecule has 0 aromatic heterocycles. The third-order valence-electron chi connectivity index (χ3n) is 8.87. The van der Waals surface area contributed by atoms with Crippen LogP contribution in [0.25, 0.3) is 22.3 Å². The van der Waals surface area contributed by atoms with Crippen LogP contribution in [0.4, 0.5) is 22.7 Å². The van der Waals surface area contributed by atoms with Gasteiger partial charge in [-0.15, -0.1) is 0 Å². The van der Waals surface area contributed by atoms with Crippen LogP contribution < -0.4 is 30.3 Å². The highest BCUT2D eigenvalue weighted by atomic mass is 31.1. The Balaban J connectivity index is 1.29. The predicted octanol–water partition coefficient (Wildman–Crippen LogP) is 5.72. The number of benzene rings is 4. The van der Waals surface area contributed by atoms with Crippen LogP contribution in [0.15, 0.2) is 84.9 Å². The maximum Gasteiger partial charge on any atom is 0.202 e. The van der Waals surface area contributed by atoms with Crippen molar-refractivity contribution < 1.29 is 33.8 Å². The van der Waals surface area contributed by atoms with Crippen molar-refractivity contribution in [1.29, 1.82) is 0 Å². The van der Waals surface area contributed by atoms with E-state index in [1.54, 1.807) is 6.07 Å². The molecule has 2 aliphatic heterocycles. The van der Waals surface area contributed by atoms with Crippen molar-refractivity contribution in [3.8, 4) is 33.8 Å². The van der Waals surface area contributed by atoms with Gasteiger partial charge in [-0.25, -0.2) is 0 Å². The van der Waals surface area contributed by atoms with Crippen LogP contribution in [-0.4, -0.2) is 78.8 Å². The quantitative estimate of drug-likeness (QED) is 0.0917. The van der Waals surface area contributed by atoms with E-state index in [9.17, 15) is 15.3 Å². The van der Waals surface area contributed by atoms with Crippen LogP contribution in [0.2, 0.25) is 0 Å². The molecule has 0 radical (unpaired) electrons. The summed E-state index contributed by atoms with van der Waals surface area (Å²) in [5.74, 6) is -1.09. The molecule has 48 heavy (non-hydrogen) atoms. The number of anilines is 4. The molecule has 2 heterocycles. The molecule has 254 valence electrons. The largest absolute Gasteiger partial charge is 0.473 e. The summed E-state index contributed by atoms with van der Waals surface area (Å²) in [7, 11) is 5.99. The minimum absolute atomic E-state index is 0.0465. The van der Waals surface area contributed by atoms with Crippen molar-refractivity contribution in [2.75, 3.05) is 56.1 Å². The molecular formula is C35H42N4O7P2. The van der Waals surface area contributed by atoms with Crippen LogP contribution in [0, 0.1) is 0 Å². The minimum Gasteiger partial charge on any atom is -0.473 e. The van der Waals surface area contributed by atoms with Crippen LogP contribution in [0.5, 0.6) is 11.5 Å². The van der Waals surface area contributed by atoms with Crippen LogP contribution >= 0.6 is 17.6 Å². The van der Waals surface area contributed by atoms with Crippen LogP contribution in [-0.2, 0) is 9.47 Å². The molecule has 4 aromatic rings. The number of fused-ring (bicyclic) bond motifs is 2. The van der Waals surface area contributed by atoms with Gasteiger partial charge in [0.15, 0.2) is 10.7 Å². The van der Waals surface area contributed by atoms with Gasteiger partial charge in [0.05, 0.1) is 6.61 Å². The number of hydrogen-bond acceptors (Lipinski definition) is 11. The van der Waals surface area contributed by atoms with Gasteiger partial charge in [0, 0.05) is 62.1 Å². The SMILES string of the molecule is CNc1cccc(-c2cc(NC)ccc2OP[C@@]2(O)[C@H]3CO[C@@H]2[C@](O)(POc2ccc(NC)cc2-c2cccc(NC)c2)[C@@](C)(O)O3)c1. The molecule has 7 atom stereocenters. The topological polar surface area (TPSA) is 146 Å². The van der Waals surface area contributed by atoms with Crippen molar-refractivity contribution in [2.24, 2.45) is 0 Å². The van der Waals surface area contributed by atoms with Gasteiger partial charge in [0.1, 0.15) is 41.3 Å². The predicted molar refractivity (Wildman–Crippen MR) is 195 cm³/mol. The van der Waals surface area contributed by atoms with Gasteiger partial charge in [0.25, 0.3) is 0 Å². The van der Waals surface area contributed by atoms with Crippen LogP contribution in [0.1, 0.15) is 6.92 Å². The Morgan fingerprint density at radius 3 is 1.65 bits per heavy atom. The Labute approximate surface area is 284 Å². The molecule has 2 aliphatic rings. The van der Waals surface area contributed by atoms with Gasteiger partial charge in [0.2, 0.25) is 5.79 Å². The summed E-state index contributed by atoms with van der Waals surface area (Å²) in [6.07, 6.45) is -2.24. The first-order chi connectivity index (χ1) is 23.0. The fourth-order valence-corrected chi connectivity index (χ4v) is 8.37. The van der Waals surface area contributed by atoms with E-state index < -0.39 is 46.3 Å². The Bertz CT molecular complexity index is 1780. The highest BCUT2D eigenvalue weighted by molar-refractivity contribution is 7.36. The van der Waals surface area contributed by atoms with Gasteiger partial charge >= 0.3 is 0 Å². The molecule has 4 aromatic carbocycles. The molecule has 13 heteroatoms. The van der Waals surface area contributed by atoms with Crippen molar-refractivity contribution in [1.82, 2.24) is 0 Å². The highest BCUT2D eigenvalue weighted by Gasteiger charge is 2.73. The van der Waals surface area contributed by atoms with E-state index in [-0.39, 0.29) is 6.61 Å². The Hall–Kier alpha value is -3.66. The van der Waals surface area contributed by atoms with Crippen LogP contribution in [0.3, 0.4) is 0 Å². The fourth-order valence-electron chi connectivity index (χ4n) is 6.00. The number of nitrogens with one attached hydrogen (secondary N) is 4. The number of rotatable bonds is 12. The zero-order chi connectivity index (χ0) is 34.1. The third-order valence-corrected chi connectivity index (χ3v) is 11.5. The molecule has 0 aliphatic carbocycles. The second-order valence-electron chi connectivity index (χ2n) is 11.9. The van der Waals surface area contributed by atoms with Gasteiger partial charge in [-0.2, -0.15) is 0 Å². The summed E-state index contributed by atoms with van der Waals surface area (Å²) in [6.45, 7) is 1.32. The monoisotopic (exact) mass is 692 g/mol. The summed E-state index contributed by atoms with van der Waals surface area (Å²) in [6, 6.07) is 27.1. The molecule has 2 bridgehead atoms. The highest BCUT2D eigenvalue weighted by Crippen LogP contribution is 2.60. The Kier molecular flexibility index (Phi) is 9.76. The third kappa shape index (κ3) is 6.28. The molecule has 0 amide bonds. The van der Waals surface area contributed by atoms with E-state index in [0.29, 0.717) is 11.5 Å². The van der Waals surface area contributed by atoms with Gasteiger partial charge in [-0.1, -0.05) is 24.3 Å². The average molecular weight is 693 g/mol. The lowest BCUT2D eigenvalue weighted by molar-refractivity contribution is -0.329. The van der Waals surface area contributed by atoms with E-state index in [1.807, 2.05) is 107 Å². The maximum atomic E-state index is 12.2. The summed E-state index contributed by atoms with van der Waals surface area (Å²) in [4.78, 5) is 0. The van der Waals surface area contributed by atoms with Crippen molar-refractivity contribution in [3.63, 3.8) is 0 Å². The lowest BCUT2D eigenvalue weighted by Gasteiger charge is -2.52. The molecule has 2 unspecified atom stereocenters. The molecule has 7 N–H and O–H groups in total. The molecule has 11 nitrogen and oxygen atoms in total. The Morgan fingerprint density at radius 1 is 0.667 bits per heavy atom. The zero-order valence-corrected chi connectivity index (χ0v) is 29.4. The first-order valence-electron chi connectivity index (χ1n) is 15.6. The fraction of sp³-hybridized carbons (Fsp3) is 0.314. The molecule has 0 spiro atoms. The first kappa shape index (κ1) is 34.2. The van der Waals surface area contributed by atoms with E-state index in [2.05, 4.69) is 21.3 Å². The second kappa shape index (κ2) is 13.7. The summed E-state index contributed by atoms with van der Waals surface area (Å²) >= 11 is 0. The Morgan fingerprint density at radius 2 is 1.15 bits per heavy atom. The number of hydrogen-bond donors (Lipinski definition) is 7. The maximum absolute atomic E-state index is 12.2. The molecule has 0 saturated carbocycles. The van der Waals surface area contributed by atoms with E-state index in [4.69, 9.17) is 18.5 Å². The van der Waals surface area contributed by atoms with Crippen molar-refractivity contribution >= 4 is 40.4 Å². The summed E-state index contributed by atoms with van der Waals surface area (Å²) < 4.78 is 24.7. The second-order valence-corrected chi connectivity index (χ2v) is 14.3. The normalized spacial score (nSPS) is 26.6. The van der Waals surface area contributed by atoms with Gasteiger partial charge in [-0.3, -0.25) is 0 Å². The van der Waals surface area contributed by atoms with E-state index in [1.165, 1.54) is 6.92 Å². The summed E-state index contributed by atoms with van der Waals surface area (Å²) in [5.41, 5.74) is 7.02. The lowest BCUT2D eigenvalue weighted by Crippen LogP contribution is -2.70. The lowest BCUT2D eigenvalue weighted by atomic mass is 9.94. The minimum atomic E-state index is -2.16. The number of aliphatic hydroxyl groups is 3. The smallest absolute Gasteiger partial charge is 0.202 e. The average Bonchev–Trinajstić information content (AvgIpc) is 3.38. The van der Waals surface area contributed by atoms with Crippen molar-refractivity contribution in [3.05, 3.63) is 84.9 Å². The van der Waals surface area contributed by atoms with E-state index >= 15 is 0 Å². The standard InChI is InChI=1S/C35H42N4O7P2/c1-33(40)35(42,48-46-30-15-13-26(39-5)19-28(30)22-9-7-11-24(17-22)37-3)32-34(41,31(44-33)20-43-32)47-45-29-14-12-25(38-4)18-27(29)21-8-6-10-23(16-21)36-2/h6-19,31-32,36-42,47-48H,20H2,1-5H3/t31-,32+,33+,34+,35+/m1/s1. The number of ether oxygens (including phenoxy) is 2. The van der Waals surface area contributed by atoms with Gasteiger partial charge < -0.3 is 55.1 Å². The molecule has 2 saturated heterocycles.